The molecular formula is C18H20Cl3N3O6S3. The van der Waals surface area contributed by atoms with E-state index in [-0.39, 0.29) is 17.0 Å². The molecule has 0 spiro atoms. The van der Waals surface area contributed by atoms with Crippen molar-refractivity contribution in [3.05, 3.63) is 35.9 Å². The number of hydrogen-bond acceptors (Lipinski definition) is 9. The first-order chi connectivity index (χ1) is 15.2. The van der Waals surface area contributed by atoms with Crippen molar-refractivity contribution in [1.82, 2.24) is 4.90 Å². The Hall–Kier alpha value is -0.910. The van der Waals surface area contributed by atoms with E-state index in [1.807, 2.05) is 5.40 Å². The van der Waals surface area contributed by atoms with Crippen LogP contribution < -0.4 is 5.73 Å². The Morgan fingerprint density at radius 3 is 2.52 bits per heavy atom. The number of thioether (sulfide) groups is 2. The molecule has 1 amide bonds. The van der Waals surface area contributed by atoms with Crippen molar-refractivity contribution in [3.8, 4) is 5.40 Å². The second-order valence-electron chi connectivity index (χ2n) is 7.31. The lowest BCUT2D eigenvalue weighted by molar-refractivity contribution is -0.162. The fourth-order valence-electron chi connectivity index (χ4n) is 3.22. The minimum atomic E-state index is -3.88. The van der Waals surface area contributed by atoms with Gasteiger partial charge in [-0.1, -0.05) is 65.1 Å². The van der Waals surface area contributed by atoms with Crippen molar-refractivity contribution < 1.29 is 27.3 Å². The number of carbonyl (C=O) groups excluding carboxylic acids is 2. The predicted octanol–water partition coefficient (Wildman–Crippen LogP) is 2.56. The summed E-state index contributed by atoms with van der Waals surface area (Å²) in [7, 11) is -3.88. The Balaban J connectivity index is 0.000000294. The van der Waals surface area contributed by atoms with Crippen LogP contribution in [0.25, 0.3) is 0 Å². The van der Waals surface area contributed by atoms with Crippen LogP contribution in [0.2, 0.25) is 0 Å². The highest BCUT2D eigenvalue weighted by atomic mass is 35.6. The van der Waals surface area contributed by atoms with Gasteiger partial charge in [0.05, 0.1) is 4.75 Å². The Kier molecular flexibility index (Phi) is 9.63. The van der Waals surface area contributed by atoms with Crippen LogP contribution >= 0.6 is 58.3 Å². The zero-order valence-corrected chi connectivity index (χ0v) is 21.8. The van der Waals surface area contributed by atoms with E-state index in [1.54, 1.807) is 37.3 Å². The normalized spacial score (nSPS) is 26.4. The first-order valence-electron chi connectivity index (χ1n) is 9.17. The highest BCUT2D eigenvalue weighted by Crippen LogP contribution is 2.52. The van der Waals surface area contributed by atoms with Gasteiger partial charge in [0.2, 0.25) is 9.70 Å². The molecule has 2 aliphatic heterocycles. The molecule has 4 atom stereocenters. The number of benzene rings is 1. The third-order valence-corrected chi connectivity index (χ3v) is 8.33. The maximum Gasteiger partial charge on any atom is 0.330 e. The van der Waals surface area contributed by atoms with Crippen molar-refractivity contribution in [2.24, 2.45) is 5.73 Å². The van der Waals surface area contributed by atoms with Crippen LogP contribution in [0.5, 0.6) is 0 Å². The minimum absolute atomic E-state index is 0.304. The molecule has 2 saturated heterocycles. The maximum absolute atomic E-state index is 12.4. The van der Waals surface area contributed by atoms with Crippen molar-refractivity contribution in [3.63, 3.8) is 0 Å². The van der Waals surface area contributed by atoms with E-state index in [9.17, 15) is 18.0 Å². The van der Waals surface area contributed by atoms with Gasteiger partial charge in [0.25, 0.3) is 10.1 Å². The predicted molar refractivity (Wildman–Crippen MR) is 129 cm³/mol. The lowest BCUT2D eigenvalue weighted by Crippen LogP contribution is -2.69. The number of thiocyanates is 1. The molecule has 0 bridgehead atoms. The molecule has 33 heavy (non-hydrogen) atoms. The van der Waals surface area contributed by atoms with Crippen LogP contribution in [-0.4, -0.2) is 68.1 Å². The van der Waals surface area contributed by atoms with Gasteiger partial charge in [-0.3, -0.25) is 9.35 Å². The molecule has 2 aliphatic rings. The lowest BCUT2D eigenvalue weighted by atomic mass is 9.96. The number of rotatable bonds is 6. The molecule has 2 heterocycles. The van der Waals surface area contributed by atoms with Gasteiger partial charge in [-0.05, 0) is 24.2 Å². The molecule has 0 saturated carbocycles. The highest BCUT2D eigenvalue weighted by molar-refractivity contribution is 8.06. The molecule has 1 aromatic rings. The summed E-state index contributed by atoms with van der Waals surface area (Å²) in [4.78, 5) is 25.7. The molecule has 182 valence electrons. The summed E-state index contributed by atoms with van der Waals surface area (Å²) < 4.78 is 31.8. The molecule has 0 aliphatic carbocycles. The average molecular weight is 577 g/mol. The van der Waals surface area contributed by atoms with Crippen LogP contribution in [0.3, 0.4) is 0 Å². The van der Waals surface area contributed by atoms with Crippen molar-refractivity contribution in [2.75, 3.05) is 12.4 Å². The van der Waals surface area contributed by atoms with E-state index in [4.69, 9.17) is 55.1 Å². The van der Waals surface area contributed by atoms with Gasteiger partial charge in [0.1, 0.15) is 35.2 Å². The summed E-state index contributed by atoms with van der Waals surface area (Å²) in [6.45, 7) is 1.37. The van der Waals surface area contributed by atoms with E-state index in [2.05, 4.69) is 0 Å². The van der Waals surface area contributed by atoms with Crippen LogP contribution in [0.15, 0.2) is 30.3 Å². The third kappa shape index (κ3) is 7.80. The van der Waals surface area contributed by atoms with Gasteiger partial charge in [-0.25, -0.2) is 4.79 Å². The van der Waals surface area contributed by atoms with E-state index in [1.165, 1.54) is 16.7 Å². The monoisotopic (exact) mass is 575 g/mol. The summed E-state index contributed by atoms with van der Waals surface area (Å²) in [6, 6.07) is 7.01. The van der Waals surface area contributed by atoms with Gasteiger partial charge in [-0.15, -0.1) is 11.8 Å². The van der Waals surface area contributed by atoms with Gasteiger partial charge in [0.15, 0.2) is 0 Å². The first-order valence-corrected chi connectivity index (χ1v) is 13.8. The van der Waals surface area contributed by atoms with E-state index >= 15 is 0 Å². The Morgan fingerprint density at radius 1 is 1.39 bits per heavy atom. The van der Waals surface area contributed by atoms with Gasteiger partial charge in [0, 0.05) is 5.75 Å². The first kappa shape index (κ1) is 28.3. The number of nitrogens with zero attached hydrogens (tertiary/aromatic N) is 2. The Bertz CT molecular complexity index is 1020. The van der Waals surface area contributed by atoms with E-state index < -0.39 is 43.3 Å². The number of nitrogens with two attached hydrogens (primary N) is 1. The summed E-state index contributed by atoms with van der Waals surface area (Å²) >= 11 is 19.1. The molecule has 3 unspecified atom stereocenters. The van der Waals surface area contributed by atoms with Gasteiger partial charge in [-0.2, -0.15) is 13.7 Å². The molecule has 0 aromatic heterocycles. The number of amides is 1. The second-order valence-corrected chi connectivity index (χ2v) is 13.7. The summed E-state index contributed by atoms with van der Waals surface area (Å²) in [5.41, 5.74) is 6.36. The largest absolute Gasteiger partial charge is 0.460 e. The van der Waals surface area contributed by atoms with Crippen LogP contribution in [0, 0.1) is 10.7 Å². The molecule has 0 radical (unpaired) electrons. The van der Waals surface area contributed by atoms with Gasteiger partial charge >= 0.3 is 5.97 Å². The number of halogens is 3. The second kappa shape index (κ2) is 11.2. The maximum atomic E-state index is 12.4. The minimum Gasteiger partial charge on any atom is -0.460 e. The number of carbonyl (C=O) groups is 2. The van der Waals surface area contributed by atoms with Gasteiger partial charge < -0.3 is 15.4 Å². The molecule has 1 aromatic carbocycles. The topological polar surface area (TPSA) is 151 Å². The number of β-lactam (4-membered cyclic amide) rings is 1. The molecule has 3 N–H and O–H groups in total. The lowest BCUT2D eigenvalue weighted by Gasteiger charge is -2.42. The molecule has 2 fully saturated rings. The third-order valence-electron chi connectivity index (χ3n) is 4.58. The number of alkyl halides is 3. The van der Waals surface area contributed by atoms with Crippen LogP contribution in [0.4, 0.5) is 0 Å². The molecule has 15 heteroatoms. The Labute approximate surface area is 215 Å². The summed E-state index contributed by atoms with van der Waals surface area (Å²) in [5.74, 6) is -0.954. The highest BCUT2D eigenvalue weighted by Gasteiger charge is 2.64. The summed E-state index contributed by atoms with van der Waals surface area (Å²) in [6.07, 6.45) is 0. The standard InChI is InChI=1S/C11H12Cl3N3O3S2.C7H8O3S/c1-10(3-21-4-15)6(9(19)20-2-11(12,13)14)17-7(18)5(16)8(17)22-10;8-11(9,10)6-7-4-2-1-3-5-7/h5-6,8H,2-3,16H2,1H3;1-5H,6H2,(H,8,9,10)/t5?,6?,8-,10?;/m1./s1. The van der Waals surface area contributed by atoms with Crippen molar-refractivity contribution >= 4 is 80.3 Å². The van der Waals surface area contributed by atoms with E-state index in [0.29, 0.717) is 11.3 Å². The van der Waals surface area contributed by atoms with Crippen molar-refractivity contribution in [1.29, 1.82) is 5.26 Å². The Morgan fingerprint density at radius 2 is 2.00 bits per heavy atom. The number of ether oxygens (including phenoxy) is 1. The smallest absolute Gasteiger partial charge is 0.330 e. The number of nitriles is 1. The SMILES string of the molecule is CC1(CSC#N)S[C@@H]2C(N)C(=O)N2C1C(=O)OCC(Cl)(Cl)Cl.O=S(=O)(O)Cc1ccccc1. The number of esters is 1. The van der Waals surface area contributed by atoms with E-state index in [0.717, 1.165) is 11.8 Å². The zero-order valence-electron chi connectivity index (χ0n) is 17.1. The fraction of sp³-hybridized carbons (Fsp3) is 0.500. The van der Waals surface area contributed by atoms with Crippen LogP contribution in [-0.2, 0) is 30.2 Å². The number of fused-ring (bicyclic) bond motifs is 1. The average Bonchev–Trinajstić information content (AvgIpc) is 3.00. The summed E-state index contributed by atoms with van der Waals surface area (Å²) in [5, 5.41) is 10.4. The zero-order chi connectivity index (χ0) is 25.0. The molecule has 3 rings (SSSR count). The molecule has 9 nitrogen and oxygen atoms in total. The number of hydrogen-bond donors (Lipinski definition) is 2. The van der Waals surface area contributed by atoms with Crippen molar-refractivity contribution in [2.45, 2.75) is 38.7 Å². The fourth-order valence-corrected chi connectivity index (χ4v) is 6.45. The molecular weight excluding hydrogens is 557 g/mol. The van der Waals surface area contributed by atoms with Crippen LogP contribution in [0.1, 0.15) is 12.5 Å². The quantitative estimate of drug-likeness (QED) is 0.170.